The van der Waals surface area contributed by atoms with Crippen LogP contribution in [0.2, 0.25) is 0 Å². The molecule has 0 aliphatic carbocycles. The van der Waals surface area contributed by atoms with Gasteiger partial charge in [-0.2, -0.15) is 0 Å². The number of hydrogen-bond acceptors (Lipinski definition) is 3. The normalized spacial score (nSPS) is 17.0. The van der Waals surface area contributed by atoms with Gasteiger partial charge in [0.25, 0.3) is 0 Å². The third-order valence-corrected chi connectivity index (χ3v) is 3.75. The van der Waals surface area contributed by atoms with Gasteiger partial charge in [-0.05, 0) is 36.8 Å². The van der Waals surface area contributed by atoms with Crippen molar-refractivity contribution in [3.05, 3.63) is 59.9 Å². The molecule has 1 aliphatic rings. The molecule has 4 nitrogen and oxygen atoms in total. The quantitative estimate of drug-likeness (QED) is 0.934. The number of rotatable bonds is 4. The van der Waals surface area contributed by atoms with Crippen LogP contribution in [0.1, 0.15) is 12.0 Å². The Bertz CT molecular complexity index is 679. The van der Waals surface area contributed by atoms with Gasteiger partial charge in [0.1, 0.15) is 18.2 Å². The smallest absolute Gasteiger partial charge is 0.243 e. The Kier molecular flexibility index (Phi) is 5.58. The molecule has 2 aromatic carbocycles. The molecule has 6 heteroatoms. The lowest BCUT2D eigenvalue weighted by molar-refractivity contribution is -0.118. The average Bonchev–Trinajstić information content (AvgIpc) is 2.87. The Morgan fingerprint density at radius 2 is 1.87 bits per heavy atom. The lowest BCUT2D eigenvalue weighted by Gasteiger charge is -2.16. The monoisotopic (exact) mass is 336 g/mol. The van der Waals surface area contributed by atoms with Crippen LogP contribution in [0, 0.1) is 5.82 Å². The van der Waals surface area contributed by atoms with Gasteiger partial charge in [-0.25, -0.2) is 4.39 Å². The van der Waals surface area contributed by atoms with E-state index in [1.807, 2.05) is 12.1 Å². The average molecular weight is 337 g/mol. The summed E-state index contributed by atoms with van der Waals surface area (Å²) in [6, 6.07) is 13.3. The van der Waals surface area contributed by atoms with Gasteiger partial charge in [0, 0.05) is 17.8 Å². The standard InChI is InChI=1S/C17H17FN2O2.ClH/c18-15-4-2-1-3-12(15)11-22-14-7-5-13(6-8-14)20-10-9-16(19)17(20)21;/h1-8,16H,9-11,19H2;1H. The van der Waals surface area contributed by atoms with Gasteiger partial charge in [0.2, 0.25) is 5.91 Å². The van der Waals surface area contributed by atoms with Crippen molar-refractivity contribution in [2.24, 2.45) is 5.73 Å². The Morgan fingerprint density at radius 1 is 1.17 bits per heavy atom. The van der Waals surface area contributed by atoms with E-state index in [-0.39, 0.29) is 30.7 Å². The molecule has 0 aromatic heterocycles. The van der Waals surface area contributed by atoms with Gasteiger partial charge < -0.3 is 15.4 Å². The molecule has 23 heavy (non-hydrogen) atoms. The van der Waals surface area contributed by atoms with Crippen molar-refractivity contribution in [1.82, 2.24) is 0 Å². The summed E-state index contributed by atoms with van der Waals surface area (Å²) in [6.07, 6.45) is 0.671. The number of hydrogen-bond donors (Lipinski definition) is 1. The molecule has 3 rings (SSSR count). The van der Waals surface area contributed by atoms with E-state index in [2.05, 4.69) is 0 Å². The Labute approximate surface area is 140 Å². The van der Waals surface area contributed by atoms with E-state index in [0.29, 0.717) is 24.3 Å². The molecule has 0 spiro atoms. The maximum Gasteiger partial charge on any atom is 0.243 e. The van der Waals surface area contributed by atoms with E-state index in [9.17, 15) is 9.18 Å². The fourth-order valence-corrected chi connectivity index (χ4v) is 2.46. The number of anilines is 1. The van der Waals surface area contributed by atoms with Crippen LogP contribution in [0.5, 0.6) is 5.75 Å². The van der Waals surface area contributed by atoms with Crippen molar-refractivity contribution in [2.75, 3.05) is 11.4 Å². The Morgan fingerprint density at radius 3 is 2.48 bits per heavy atom. The number of benzene rings is 2. The summed E-state index contributed by atoms with van der Waals surface area (Å²) in [5.41, 5.74) is 7.02. The first kappa shape index (κ1) is 17.2. The topological polar surface area (TPSA) is 55.6 Å². The second-order valence-electron chi connectivity index (χ2n) is 5.26. The molecular weight excluding hydrogens is 319 g/mol. The number of nitrogens with two attached hydrogens (primary N) is 1. The number of amides is 1. The summed E-state index contributed by atoms with van der Waals surface area (Å²) >= 11 is 0. The molecule has 1 aliphatic heterocycles. The molecule has 2 N–H and O–H groups in total. The van der Waals surface area contributed by atoms with Crippen molar-refractivity contribution in [2.45, 2.75) is 19.1 Å². The van der Waals surface area contributed by atoms with Crippen LogP contribution in [0.4, 0.5) is 10.1 Å². The molecular formula is C17H18ClFN2O2. The van der Waals surface area contributed by atoms with Crippen molar-refractivity contribution in [3.63, 3.8) is 0 Å². The number of halogens is 2. The molecule has 0 radical (unpaired) electrons. The van der Waals surface area contributed by atoms with Crippen LogP contribution in [-0.4, -0.2) is 18.5 Å². The van der Waals surface area contributed by atoms with Gasteiger partial charge >= 0.3 is 0 Å². The molecule has 1 atom stereocenters. The minimum Gasteiger partial charge on any atom is -0.489 e. The minimum atomic E-state index is -0.406. The molecule has 1 saturated heterocycles. The molecule has 0 bridgehead atoms. The largest absolute Gasteiger partial charge is 0.489 e. The Hall–Kier alpha value is -2.11. The predicted octanol–water partition coefficient (Wildman–Crippen LogP) is 2.89. The molecule has 1 amide bonds. The second kappa shape index (κ2) is 7.44. The van der Waals surface area contributed by atoms with E-state index in [4.69, 9.17) is 10.5 Å². The first-order valence-electron chi connectivity index (χ1n) is 7.18. The van der Waals surface area contributed by atoms with Crippen LogP contribution < -0.4 is 15.4 Å². The summed E-state index contributed by atoms with van der Waals surface area (Å²) < 4.78 is 19.1. The number of ether oxygens (including phenoxy) is 1. The predicted molar refractivity (Wildman–Crippen MR) is 89.4 cm³/mol. The minimum absolute atomic E-state index is 0. The van der Waals surface area contributed by atoms with Gasteiger partial charge in [-0.15, -0.1) is 12.4 Å². The maximum absolute atomic E-state index is 13.5. The third kappa shape index (κ3) is 3.81. The summed E-state index contributed by atoms with van der Waals surface area (Å²) in [6.45, 7) is 0.801. The number of nitrogens with zero attached hydrogens (tertiary/aromatic N) is 1. The van der Waals surface area contributed by atoms with Gasteiger partial charge in [-0.3, -0.25) is 4.79 Å². The fraction of sp³-hybridized carbons (Fsp3) is 0.235. The van der Waals surface area contributed by atoms with Crippen LogP contribution in [0.3, 0.4) is 0 Å². The maximum atomic E-state index is 13.5. The van der Waals surface area contributed by atoms with Crippen molar-refractivity contribution < 1.29 is 13.9 Å². The van der Waals surface area contributed by atoms with Crippen LogP contribution in [0.15, 0.2) is 48.5 Å². The lowest BCUT2D eigenvalue weighted by Crippen LogP contribution is -2.33. The molecule has 122 valence electrons. The second-order valence-corrected chi connectivity index (χ2v) is 5.26. The first-order valence-corrected chi connectivity index (χ1v) is 7.18. The van der Waals surface area contributed by atoms with Crippen molar-refractivity contribution in [1.29, 1.82) is 0 Å². The fourth-order valence-electron chi connectivity index (χ4n) is 2.46. The van der Waals surface area contributed by atoms with Crippen LogP contribution in [-0.2, 0) is 11.4 Å². The summed E-state index contributed by atoms with van der Waals surface area (Å²) in [7, 11) is 0. The lowest BCUT2D eigenvalue weighted by atomic mass is 10.2. The van der Waals surface area contributed by atoms with Gasteiger partial charge in [0.15, 0.2) is 0 Å². The zero-order valence-electron chi connectivity index (χ0n) is 12.4. The molecule has 2 aromatic rings. The van der Waals surface area contributed by atoms with Gasteiger partial charge in [0.05, 0.1) is 6.04 Å². The SMILES string of the molecule is Cl.NC1CCN(c2ccc(OCc3ccccc3F)cc2)C1=O. The summed E-state index contributed by atoms with van der Waals surface area (Å²) in [5.74, 6) is 0.291. The van der Waals surface area contributed by atoms with Crippen LogP contribution in [0.25, 0.3) is 0 Å². The molecule has 1 heterocycles. The zero-order valence-corrected chi connectivity index (χ0v) is 13.3. The first-order chi connectivity index (χ1) is 10.6. The highest BCUT2D eigenvalue weighted by atomic mass is 35.5. The highest BCUT2D eigenvalue weighted by Gasteiger charge is 2.29. The van der Waals surface area contributed by atoms with E-state index >= 15 is 0 Å². The zero-order chi connectivity index (χ0) is 15.5. The highest BCUT2D eigenvalue weighted by Crippen LogP contribution is 2.24. The van der Waals surface area contributed by atoms with Crippen molar-refractivity contribution in [3.8, 4) is 5.75 Å². The van der Waals surface area contributed by atoms with E-state index in [1.54, 1.807) is 35.2 Å². The number of carbonyl (C=O) groups is 1. The van der Waals surface area contributed by atoms with Crippen LogP contribution >= 0.6 is 12.4 Å². The molecule has 1 fully saturated rings. The van der Waals surface area contributed by atoms with E-state index in [1.165, 1.54) is 6.07 Å². The summed E-state index contributed by atoms with van der Waals surface area (Å²) in [5, 5.41) is 0. The molecule has 1 unspecified atom stereocenters. The van der Waals surface area contributed by atoms with E-state index in [0.717, 1.165) is 5.69 Å². The van der Waals surface area contributed by atoms with E-state index < -0.39 is 6.04 Å². The van der Waals surface area contributed by atoms with Crippen molar-refractivity contribution >= 4 is 24.0 Å². The Balaban J connectivity index is 0.00000192. The summed E-state index contributed by atoms with van der Waals surface area (Å²) in [4.78, 5) is 13.5. The van der Waals surface area contributed by atoms with Gasteiger partial charge in [-0.1, -0.05) is 18.2 Å². The third-order valence-electron chi connectivity index (χ3n) is 3.75. The highest BCUT2D eigenvalue weighted by molar-refractivity contribution is 5.99. The molecule has 0 saturated carbocycles. The number of carbonyl (C=O) groups excluding carboxylic acids is 1.